The van der Waals surface area contributed by atoms with Crippen LogP contribution in [0.25, 0.3) is 0 Å². The molecule has 0 saturated heterocycles. The molecule has 0 spiro atoms. The topological polar surface area (TPSA) is 33.2 Å². The van der Waals surface area contributed by atoms with Crippen LogP contribution in [0.3, 0.4) is 0 Å². The molecule has 1 aromatic heterocycles. The quantitative estimate of drug-likeness (QED) is 0.787. The van der Waals surface area contributed by atoms with E-state index in [2.05, 4.69) is 20.9 Å². The highest BCUT2D eigenvalue weighted by atomic mass is 79.9. The van der Waals surface area contributed by atoms with Crippen LogP contribution in [0.1, 0.15) is 23.0 Å². The molecule has 1 aromatic rings. The highest BCUT2D eigenvalue weighted by molar-refractivity contribution is 9.09. The number of rotatable bonds is 4. The van der Waals surface area contributed by atoms with Gasteiger partial charge in [0.2, 0.25) is 0 Å². The number of halogens is 1. The SMILES string of the molecule is CCN(CCBr)C(=O)c1ccnc(C)c1. The molecule has 3 nitrogen and oxygen atoms in total. The third kappa shape index (κ3) is 3.30. The summed E-state index contributed by atoms with van der Waals surface area (Å²) in [5, 5.41) is 0.802. The van der Waals surface area contributed by atoms with E-state index in [-0.39, 0.29) is 5.91 Å². The van der Waals surface area contributed by atoms with Crippen molar-refractivity contribution in [2.45, 2.75) is 13.8 Å². The number of carbonyl (C=O) groups is 1. The molecule has 0 aliphatic carbocycles. The van der Waals surface area contributed by atoms with Crippen molar-refractivity contribution in [3.8, 4) is 0 Å². The van der Waals surface area contributed by atoms with Crippen molar-refractivity contribution < 1.29 is 4.79 Å². The summed E-state index contributed by atoms with van der Waals surface area (Å²) in [5.74, 6) is 0.0717. The van der Waals surface area contributed by atoms with Crippen molar-refractivity contribution in [2.24, 2.45) is 0 Å². The average Bonchev–Trinajstić information content (AvgIpc) is 2.25. The Morgan fingerprint density at radius 3 is 2.87 bits per heavy atom. The number of aromatic nitrogens is 1. The predicted octanol–water partition coefficient (Wildman–Crippen LogP) is 2.25. The lowest BCUT2D eigenvalue weighted by molar-refractivity contribution is 0.0774. The number of hydrogen-bond acceptors (Lipinski definition) is 2. The lowest BCUT2D eigenvalue weighted by Crippen LogP contribution is -2.32. The van der Waals surface area contributed by atoms with Crippen LogP contribution in [0.4, 0.5) is 0 Å². The Balaban J connectivity index is 2.82. The van der Waals surface area contributed by atoms with Gasteiger partial charge in [-0.05, 0) is 26.0 Å². The van der Waals surface area contributed by atoms with E-state index in [1.54, 1.807) is 12.3 Å². The largest absolute Gasteiger partial charge is 0.338 e. The molecule has 0 aliphatic rings. The van der Waals surface area contributed by atoms with Gasteiger partial charge in [-0.2, -0.15) is 0 Å². The van der Waals surface area contributed by atoms with Crippen LogP contribution in [0.2, 0.25) is 0 Å². The lowest BCUT2D eigenvalue weighted by Gasteiger charge is -2.19. The molecule has 0 aliphatic heterocycles. The smallest absolute Gasteiger partial charge is 0.253 e. The van der Waals surface area contributed by atoms with Crippen molar-refractivity contribution in [1.82, 2.24) is 9.88 Å². The summed E-state index contributed by atoms with van der Waals surface area (Å²) in [6.07, 6.45) is 1.67. The van der Waals surface area contributed by atoms with Gasteiger partial charge in [0.05, 0.1) is 0 Å². The molecule has 1 rings (SSSR count). The molecule has 0 atom stereocenters. The third-order valence-electron chi connectivity index (χ3n) is 2.17. The van der Waals surface area contributed by atoms with Gasteiger partial charge < -0.3 is 4.90 Å². The van der Waals surface area contributed by atoms with Crippen LogP contribution in [0, 0.1) is 6.92 Å². The van der Waals surface area contributed by atoms with Gasteiger partial charge in [0.25, 0.3) is 5.91 Å². The normalized spacial score (nSPS) is 10.1. The maximum Gasteiger partial charge on any atom is 0.253 e. The van der Waals surface area contributed by atoms with Crippen molar-refractivity contribution in [3.05, 3.63) is 29.6 Å². The van der Waals surface area contributed by atoms with Gasteiger partial charge in [0.1, 0.15) is 0 Å². The highest BCUT2D eigenvalue weighted by Gasteiger charge is 2.13. The fourth-order valence-electron chi connectivity index (χ4n) is 1.37. The minimum Gasteiger partial charge on any atom is -0.338 e. The summed E-state index contributed by atoms with van der Waals surface area (Å²) in [6, 6.07) is 3.57. The van der Waals surface area contributed by atoms with Crippen LogP contribution < -0.4 is 0 Å². The Morgan fingerprint density at radius 1 is 1.60 bits per heavy atom. The van der Waals surface area contributed by atoms with E-state index in [1.165, 1.54) is 0 Å². The number of hydrogen-bond donors (Lipinski definition) is 0. The first kappa shape index (κ1) is 12.2. The molecule has 82 valence electrons. The van der Waals surface area contributed by atoms with Crippen LogP contribution in [-0.4, -0.2) is 34.2 Å². The van der Waals surface area contributed by atoms with Gasteiger partial charge in [0.15, 0.2) is 0 Å². The van der Waals surface area contributed by atoms with Crippen LogP contribution in [0.15, 0.2) is 18.3 Å². The summed E-state index contributed by atoms with van der Waals surface area (Å²) < 4.78 is 0. The van der Waals surface area contributed by atoms with Gasteiger partial charge in [-0.25, -0.2) is 0 Å². The Morgan fingerprint density at radius 2 is 2.33 bits per heavy atom. The molecule has 1 heterocycles. The van der Waals surface area contributed by atoms with E-state index in [1.807, 2.05) is 24.8 Å². The van der Waals surface area contributed by atoms with Crippen molar-refractivity contribution in [1.29, 1.82) is 0 Å². The number of aryl methyl sites for hydroxylation is 1. The average molecular weight is 271 g/mol. The van der Waals surface area contributed by atoms with Crippen molar-refractivity contribution in [2.75, 3.05) is 18.4 Å². The van der Waals surface area contributed by atoms with E-state index in [9.17, 15) is 4.79 Å². The minimum atomic E-state index is 0.0717. The van der Waals surface area contributed by atoms with E-state index in [4.69, 9.17) is 0 Å². The van der Waals surface area contributed by atoms with E-state index in [0.717, 1.165) is 24.1 Å². The maximum atomic E-state index is 12.0. The Kier molecular flexibility index (Phi) is 4.75. The van der Waals surface area contributed by atoms with Crippen molar-refractivity contribution in [3.63, 3.8) is 0 Å². The highest BCUT2D eigenvalue weighted by Crippen LogP contribution is 2.06. The molecule has 0 fully saturated rings. The molecular weight excluding hydrogens is 256 g/mol. The van der Waals surface area contributed by atoms with Crippen LogP contribution in [-0.2, 0) is 0 Å². The second-order valence-electron chi connectivity index (χ2n) is 3.26. The number of nitrogens with zero attached hydrogens (tertiary/aromatic N) is 2. The fourth-order valence-corrected chi connectivity index (χ4v) is 1.79. The molecule has 0 N–H and O–H groups in total. The van der Waals surface area contributed by atoms with E-state index < -0.39 is 0 Å². The summed E-state index contributed by atoms with van der Waals surface area (Å²) in [6.45, 7) is 5.33. The second kappa shape index (κ2) is 5.85. The zero-order valence-electron chi connectivity index (χ0n) is 9.03. The first-order chi connectivity index (χ1) is 7.19. The number of amides is 1. The molecule has 0 bridgehead atoms. The van der Waals surface area contributed by atoms with Crippen LogP contribution >= 0.6 is 15.9 Å². The summed E-state index contributed by atoms with van der Waals surface area (Å²) in [7, 11) is 0. The van der Waals surface area contributed by atoms with Gasteiger partial charge in [-0.15, -0.1) is 0 Å². The fraction of sp³-hybridized carbons (Fsp3) is 0.455. The van der Waals surface area contributed by atoms with Gasteiger partial charge in [-0.1, -0.05) is 15.9 Å². The molecule has 0 unspecified atom stereocenters. The van der Waals surface area contributed by atoms with Crippen LogP contribution in [0.5, 0.6) is 0 Å². The molecule has 0 radical (unpaired) electrons. The van der Waals surface area contributed by atoms with Gasteiger partial charge >= 0.3 is 0 Å². The molecule has 0 saturated carbocycles. The maximum absolute atomic E-state index is 12.0. The molecule has 0 aromatic carbocycles. The number of carbonyl (C=O) groups excluding carboxylic acids is 1. The first-order valence-electron chi connectivity index (χ1n) is 4.97. The predicted molar refractivity (Wildman–Crippen MR) is 64.3 cm³/mol. The second-order valence-corrected chi connectivity index (χ2v) is 4.05. The summed E-state index contributed by atoms with van der Waals surface area (Å²) >= 11 is 3.34. The Bertz CT molecular complexity index is 341. The summed E-state index contributed by atoms with van der Waals surface area (Å²) in [4.78, 5) is 17.9. The lowest BCUT2D eigenvalue weighted by atomic mass is 10.2. The van der Waals surface area contributed by atoms with Crippen molar-refractivity contribution >= 4 is 21.8 Å². The zero-order valence-corrected chi connectivity index (χ0v) is 10.6. The first-order valence-corrected chi connectivity index (χ1v) is 6.09. The standard InChI is InChI=1S/C11H15BrN2O/c1-3-14(7-5-12)11(15)10-4-6-13-9(2)8-10/h4,6,8H,3,5,7H2,1-2H3. The number of pyridine rings is 1. The summed E-state index contributed by atoms with van der Waals surface area (Å²) in [5.41, 5.74) is 1.58. The molecule has 4 heteroatoms. The molecule has 15 heavy (non-hydrogen) atoms. The number of alkyl halides is 1. The Hall–Kier alpha value is -0.900. The molecule has 1 amide bonds. The Labute approximate surface area is 98.6 Å². The van der Waals surface area contributed by atoms with Gasteiger partial charge in [0, 0.05) is 35.9 Å². The zero-order chi connectivity index (χ0) is 11.3. The van der Waals surface area contributed by atoms with Gasteiger partial charge in [-0.3, -0.25) is 9.78 Å². The molecular formula is C11H15BrN2O. The monoisotopic (exact) mass is 270 g/mol. The van der Waals surface area contributed by atoms with E-state index in [0.29, 0.717) is 5.56 Å². The van der Waals surface area contributed by atoms with E-state index >= 15 is 0 Å². The third-order valence-corrected chi connectivity index (χ3v) is 2.52. The minimum absolute atomic E-state index is 0.0717.